The van der Waals surface area contributed by atoms with Gasteiger partial charge in [0.05, 0.1) is 29.3 Å². The summed E-state index contributed by atoms with van der Waals surface area (Å²) in [7, 11) is 0. The molecule has 5 heteroatoms. The summed E-state index contributed by atoms with van der Waals surface area (Å²) in [6.45, 7) is 5.02. The molecule has 2 aromatic rings. The van der Waals surface area contributed by atoms with Gasteiger partial charge in [-0.3, -0.25) is 0 Å². The van der Waals surface area contributed by atoms with E-state index in [0.717, 1.165) is 17.8 Å². The third kappa shape index (κ3) is 3.28. The minimum Gasteiger partial charge on any atom is -0.486 e. The van der Waals surface area contributed by atoms with E-state index in [4.69, 9.17) is 16.3 Å². The fraction of sp³-hybridized carbons (Fsp3) is 0.357. The lowest BCUT2D eigenvalue weighted by molar-refractivity contribution is 0.199. The Morgan fingerprint density at radius 1 is 1.47 bits per heavy atom. The highest BCUT2D eigenvalue weighted by atomic mass is 35.5. The van der Waals surface area contributed by atoms with E-state index < -0.39 is 6.10 Å². The number of benzene rings is 1. The summed E-state index contributed by atoms with van der Waals surface area (Å²) in [6, 6.07) is 5.30. The summed E-state index contributed by atoms with van der Waals surface area (Å²) in [5.41, 5.74) is 1.77. The van der Waals surface area contributed by atoms with E-state index in [0.29, 0.717) is 17.4 Å². The maximum atomic E-state index is 9.48. The van der Waals surface area contributed by atoms with Crippen LogP contribution in [-0.4, -0.2) is 14.7 Å². The number of aliphatic hydroxyl groups excluding tert-OH is 1. The molecule has 0 aliphatic carbocycles. The van der Waals surface area contributed by atoms with Gasteiger partial charge < -0.3 is 14.4 Å². The molecule has 102 valence electrons. The van der Waals surface area contributed by atoms with Gasteiger partial charge in [0.25, 0.3) is 0 Å². The summed E-state index contributed by atoms with van der Waals surface area (Å²) in [6.07, 6.45) is 3.02. The first-order valence-electron chi connectivity index (χ1n) is 6.21. The Hall–Kier alpha value is -1.52. The number of halogens is 1. The molecular weight excluding hydrogens is 264 g/mol. The molecule has 1 aromatic heterocycles. The number of aliphatic hydroxyl groups is 1. The fourth-order valence-corrected chi connectivity index (χ4v) is 2.04. The molecule has 0 fully saturated rings. The Morgan fingerprint density at radius 3 is 2.89 bits per heavy atom. The van der Waals surface area contributed by atoms with Gasteiger partial charge in [-0.15, -0.1) is 0 Å². The number of aryl methyl sites for hydroxylation is 1. The predicted molar refractivity (Wildman–Crippen MR) is 74.3 cm³/mol. The zero-order valence-corrected chi connectivity index (χ0v) is 11.8. The van der Waals surface area contributed by atoms with Gasteiger partial charge in [0.15, 0.2) is 0 Å². The molecule has 0 aliphatic heterocycles. The molecular formula is C14H17ClN2O2. The van der Waals surface area contributed by atoms with Crippen LogP contribution in [-0.2, 0) is 13.2 Å². The Morgan fingerprint density at radius 2 is 2.26 bits per heavy atom. The topological polar surface area (TPSA) is 47.3 Å². The van der Waals surface area contributed by atoms with Crippen LogP contribution in [0.1, 0.15) is 31.2 Å². The SMILES string of the molecule is CCn1cncc1COc1ccc(C(C)O)cc1Cl. The van der Waals surface area contributed by atoms with Crippen LogP contribution in [0.15, 0.2) is 30.7 Å². The number of ether oxygens (including phenoxy) is 1. The van der Waals surface area contributed by atoms with Gasteiger partial charge in [-0.1, -0.05) is 17.7 Å². The molecule has 0 spiro atoms. The van der Waals surface area contributed by atoms with Crippen molar-refractivity contribution in [1.82, 2.24) is 9.55 Å². The van der Waals surface area contributed by atoms with Crippen molar-refractivity contribution in [2.75, 3.05) is 0 Å². The van der Waals surface area contributed by atoms with Crippen molar-refractivity contribution in [3.8, 4) is 5.75 Å². The summed E-state index contributed by atoms with van der Waals surface area (Å²) in [5.74, 6) is 0.606. The van der Waals surface area contributed by atoms with Gasteiger partial charge in [-0.25, -0.2) is 4.98 Å². The Kier molecular flexibility index (Phi) is 4.45. The Labute approximate surface area is 117 Å². The normalized spacial score (nSPS) is 12.4. The fourth-order valence-electron chi connectivity index (χ4n) is 1.80. The van der Waals surface area contributed by atoms with E-state index in [1.165, 1.54) is 0 Å². The molecule has 0 bridgehead atoms. The maximum absolute atomic E-state index is 9.48. The van der Waals surface area contributed by atoms with Gasteiger partial charge in [0, 0.05) is 6.54 Å². The first kappa shape index (κ1) is 13.9. The van der Waals surface area contributed by atoms with Gasteiger partial charge in [0.2, 0.25) is 0 Å². The van der Waals surface area contributed by atoms with Crippen molar-refractivity contribution in [3.05, 3.63) is 47.0 Å². The second kappa shape index (κ2) is 6.08. The van der Waals surface area contributed by atoms with Crippen molar-refractivity contribution in [3.63, 3.8) is 0 Å². The number of imidazole rings is 1. The minimum absolute atomic E-state index is 0.418. The van der Waals surface area contributed by atoms with Crippen molar-refractivity contribution in [2.24, 2.45) is 0 Å². The number of aromatic nitrogens is 2. The summed E-state index contributed by atoms with van der Waals surface area (Å²) < 4.78 is 7.70. The first-order valence-corrected chi connectivity index (χ1v) is 6.59. The molecule has 0 amide bonds. The molecule has 0 radical (unpaired) electrons. The maximum Gasteiger partial charge on any atom is 0.138 e. The molecule has 1 atom stereocenters. The summed E-state index contributed by atoms with van der Waals surface area (Å²) in [5, 5.41) is 9.98. The molecule has 19 heavy (non-hydrogen) atoms. The Balaban J connectivity index is 2.08. The second-order valence-electron chi connectivity index (χ2n) is 4.33. The minimum atomic E-state index is -0.534. The second-order valence-corrected chi connectivity index (χ2v) is 4.73. The number of nitrogens with zero attached hydrogens (tertiary/aromatic N) is 2. The Bertz CT molecular complexity index is 552. The molecule has 0 aliphatic rings. The van der Waals surface area contributed by atoms with Crippen LogP contribution >= 0.6 is 11.6 Å². The molecule has 4 nitrogen and oxygen atoms in total. The molecule has 0 saturated heterocycles. The zero-order chi connectivity index (χ0) is 13.8. The number of hydrogen-bond donors (Lipinski definition) is 1. The average molecular weight is 281 g/mol. The van der Waals surface area contributed by atoms with E-state index in [1.807, 2.05) is 10.6 Å². The van der Waals surface area contributed by atoms with Gasteiger partial charge in [-0.2, -0.15) is 0 Å². The van der Waals surface area contributed by atoms with Crippen LogP contribution in [0, 0.1) is 0 Å². The van der Waals surface area contributed by atoms with Crippen LogP contribution in [0.3, 0.4) is 0 Å². The van der Waals surface area contributed by atoms with Crippen LogP contribution < -0.4 is 4.74 Å². The highest BCUT2D eigenvalue weighted by Crippen LogP contribution is 2.28. The highest BCUT2D eigenvalue weighted by Gasteiger charge is 2.08. The monoisotopic (exact) mass is 280 g/mol. The molecule has 0 saturated carbocycles. The molecule has 1 aromatic carbocycles. The largest absolute Gasteiger partial charge is 0.486 e. The van der Waals surface area contributed by atoms with E-state index in [-0.39, 0.29) is 0 Å². The lowest BCUT2D eigenvalue weighted by Gasteiger charge is -2.11. The lowest BCUT2D eigenvalue weighted by Crippen LogP contribution is -2.04. The standard InChI is InChI=1S/C14H17ClN2O2/c1-3-17-9-16-7-12(17)8-19-14-5-4-11(10(2)18)6-13(14)15/h4-7,9-10,18H,3,8H2,1-2H3. The van der Waals surface area contributed by atoms with E-state index in [1.54, 1.807) is 31.6 Å². The van der Waals surface area contributed by atoms with Crippen LogP contribution in [0.4, 0.5) is 0 Å². The highest BCUT2D eigenvalue weighted by molar-refractivity contribution is 6.32. The van der Waals surface area contributed by atoms with Gasteiger partial charge in [0.1, 0.15) is 12.4 Å². The van der Waals surface area contributed by atoms with E-state index in [2.05, 4.69) is 11.9 Å². The quantitative estimate of drug-likeness (QED) is 0.915. The smallest absolute Gasteiger partial charge is 0.138 e. The van der Waals surface area contributed by atoms with Crippen molar-refractivity contribution in [1.29, 1.82) is 0 Å². The van der Waals surface area contributed by atoms with Crippen molar-refractivity contribution in [2.45, 2.75) is 33.1 Å². The van der Waals surface area contributed by atoms with E-state index >= 15 is 0 Å². The van der Waals surface area contributed by atoms with Crippen LogP contribution in [0.5, 0.6) is 5.75 Å². The van der Waals surface area contributed by atoms with Crippen molar-refractivity contribution >= 4 is 11.6 Å². The predicted octanol–water partition coefficient (Wildman–Crippen LogP) is 3.19. The first-order chi connectivity index (χ1) is 9.11. The molecule has 1 N–H and O–H groups in total. The van der Waals surface area contributed by atoms with Crippen LogP contribution in [0.2, 0.25) is 5.02 Å². The lowest BCUT2D eigenvalue weighted by atomic mass is 10.1. The van der Waals surface area contributed by atoms with E-state index in [9.17, 15) is 5.11 Å². The van der Waals surface area contributed by atoms with Crippen LogP contribution in [0.25, 0.3) is 0 Å². The van der Waals surface area contributed by atoms with Gasteiger partial charge in [-0.05, 0) is 31.5 Å². The zero-order valence-electron chi connectivity index (χ0n) is 11.0. The number of hydrogen-bond acceptors (Lipinski definition) is 3. The molecule has 2 rings (SSSR count). The third-order valence-electron chi connectivity index (χ3n) is 2.95. The molecule has 1 unspecified atom stereocenters. The molecule has 1 heterocycles. The third-order valence-corrected chi connectivity index (χ3v) is 3.25. The van der Waals surface area contributed by atoms with Crippen molar-refractivity contribution < 1.29 is 9.84 Å². The van der Waals surface area contributed by atoms with Gasteiger partial charge >= 0.3 is 0 Å². The number of rotatable bonds is 5. The average Bonchev–Trinajstić information content (AvgIpc) is 2.84. The summed E-state index contributed by atoms with van der Waals surface area (Å²) >= 11 is 6.13. The summed E-state index contributed by atoms with van der Waals surface area (Å²) in [4.78, 5) is 4.08.